The van der Waals surface area contributed by atoms with E-state index in [1.54, 1.807) is 6.26 Å². The summed E-state index contributed by atoms with van der Waals surface area (Å²) in [5, 5.41) is 13.6. The number of isocyanates is 1. The molecule has 0 bridgehead atoms. The van der Waals surface area contributed by atoms with E-state index in [-0.39, 0.29) is 11.0 Å². The average Bonchev–Trinajstić information content (AvgIpc) is 2.21. The number of carbonyl (C=O) groups excluding carboxylic acids is 1. The zero-order valence-corrected chi connectivity index (χ0v) is 11.0. The van der Waals surface area contributed by atoms with Gasteiger partial charge in [-0.25, -0.2) is 10.2 Å². The van der Waals surface area contributed by atoms with E-state index in [0.29, 0.717) is 10.9 Å². The summed E-state index contributed by atoms with van der Waals surface area (Å²) in [5.41, 5.74) is -0.225. The Morgan fingerprint density at radius 2 is 1.88 bits per heavy atom. The Bertz CT molecular complexity index is 471. The van der Waals surface area contributed by atoms with E-state index in [1.165, 1.54) is 11.8 Å². The van der Waals surface area contributed by atoms with Gasteiger partial charge >= 0.3 is 0 Å². The van der Waals surface area contributed by atoms with Crippen molar-refractivity contribution in [3.05, 3.63) is 16.0 Å². The molecule has 0 saturated carbocycles. The summed E-state index contributed by atoms with van der Waals surface area (Å²) in [6, 6.07) is 0. The molecular weight excluding hydrogens is 242 g/mol. The van der Waals surface area contributed by atoms with E-state index in [9.17, 15) is 4.79 Å². The van der Waals surface area contributed by atoms with Gasteiger partial charge in [0.15, 0.2) is 0 Å². The normalized spacial score (nSPS) is 10.1. The fourth-order valence-electron chi connectivity index (χ4n) is 0.995. The van der Waals surface area contributed by atoms with Crippen molar-refractivity contribution in [3.8, 4) is 0 Å². The van der Waals surface area contributed by atoms with E-state index in [2.05, 4.69) is 10.2 Å². The monoisotopic (exact) mass is 257 g/mol. The van der Waals surface area contributed by atoms with Crippen molar-refractivity contribution in [2.75, 3.05) is 12.1 Å². The quantitative estimate of drug-likeness (QED) is 0.323. The molecule has 8 heteroatoms. The summed E-state index contributed by atoms with van der Waals surface area (Å²) < 4.78 is 1.04. The van der Waals surface area contributed by atoms with Gasteiger partial charge in [0.25, 0.3) is 5.56 Å². The van der Waals surface area contributed by atoms with Gasteiger partial charge in [-0.05, 0) is 6.26 Å². The molecule has 0 fully saturated rings. The van der Waals surface area contributed by atoms with Crippen LogP contribution in [0.15, 0.2) is 9.95 Å². The highest BCUT2D eigenvalue weighted by Gasteiger charge is 2.22. The van der Waals surface area contributed by atoms with Gasteiger partial charge in [-0.2, -0.15) is 4.68 Å². The smallest absolute Gasteiger partial charge is 0.295 e. The van der Waals surface area contributed by atoms with Gasteiger partial charge < -0.3 is 5.84 Å². The van der Waals surface area contributed by atoms with E-state index >= 15 is 0 Å². The number of rotatable bonds is 1. The number of aromatic nitrogens is 3. The Kier molecular flexibility index (Phi) is 5.57. The van der Waals surface area contributed by atoms with E-state index < -0.39 is 0 Å². The predicted octanol–water partition coefficient (Wildman–Crippen LogP) is 0.272. The van der Waals surface area contributed by atoms with Crippen LogP contribution in [-0.4, -0.2) is 27.2 Å². The molecule has 0 atom stereocenters. The zero-order chi connectivity index (χ0) is 13.6. The largest absolute Gasteiger partial charge is 0.334 e. The van der Waals surface area contributed by atoms with Crippen molar-refractivity contribution in [3.63, 3.8) is 0 Å². The lowest BCUT2D eigenvalue weighted by Gasteiger charge is -2.16. The van der Waals surface area contributed by atoms with Crippen LogP contribution in [0.4, 0.5) is 0 Å². The molecule has 0 aliphatic heterocycles. The molecule has 7 nitrogen and oxygen atoms in total. The van der Waals surface area contributed by atoms with Gasteiger partial charge in [-0.3, -0.25) is 4.79 Å². The highest BCUT2D eigenvalue weighted by molar-refractivity contribution is 7.98. The number of thioether (sulfide) groups is 1. The minimum atomic E-state index is -0.331. The van der Waals surface area contributed by atoms with Crippen molar-refractivity contribution in [2.24, 2.45) is 0 Å². The first kappa shape index (κ1) is 15.3. The minimum Gasteiger partial charge on any atom is -0.334 e. The summed E-state index contributed by atoms with van der Waals surface area (Å²) >= 11 is 1.29. The van der Waals surface area contributed by atoms with Crippen LogP contribution in [0, 0.1) is 5.41 Å². The van der Waals surface area contributed by atoms with Crippen LogP contribution in [0.2, 0.25) is 0 Å². The number of nitrogens with one attached hydrogen (secondary N) is 1. The van der Waals surface area contributed by atoms with Crippen molar-refractivity contribution in [2.45, 2.75) is 31.3 Å². The molecule has 0 amide bonds. The van der Waals surface area contributed by atoms with E-state index in [1.807, 2.05) is 20.8 Å². The maximum atomic E-state index is 11.7. The van der Waals surface area contributed by atoms with Crippen LogP contribution >= 0.6 is 11.8 Å². The van der Waals surface area contributed by atoms with Crippen LogP contribution in [0.5, 0.6) is 0 Å². The molecule has 0 spiro atoms. The summed E-state index contributed by atoms with van der Waals surface area (Å²) in [7, 11) is 0. The maximum absolute atomic E-state index is 11.7. The molecule has 0 aliphatic carbocycles. The lowest BCUT2D eigenvalue weighted by molar-refractivity contribution is 0.520. The molecule has 1 aromatic heterocycles. The minimum absolute atomic E-state index is 0.281. The molecule has 1 aromatic rings. The van der Waals surface area contributed by atoms with Crippen LogP contribution in [0.25, 0.3) is 0 Å². The van der Waals surface area contributed by atoms with Gasteiger partial charge in [-0.1, -0.05) is 32.5 Å². The lowest BCUT2D eigenvalue weighted by Crippen LogP contribution is -2.37. The molecule has 0 saturated heterocycles. The molecule has 0 radical (unpaired) electrons. The lowest BCUT2D eigenvalue weighted by atomic mass is 9.93. The fraction of sp³-hybridized carbons (Fsp3) is 0.556. The van der Waals surface area contributed by atoms with Gasteiger partial charge in [0.2, 0.25) is 11.2 Å². The Morgan fingerprint density at radius 3 is 2.24 bits per heavy atom. The second kappa shape index (κ2) is 6.17. The van der Waals surface area contributed by atoms with E-state index in [4.69, 9.17) is 16.0 Å². The van der Waals surface area contributed by atoms with Crippen molar-refractivity contribution < 1.29 is 4.79 Å². The number of nitrogens with zero attached hydrogens (tertiary/aromatic N) is 3. The fourth-order valence-corrected chi connectivity index (χ4v) is 1.40. The first-order chi connectivity index (χ1) is 7.79. The van der Waals surface area contributed by atoms with Crippen LogP contribution < -0.4 is 11.4 Å². The second-order valence-electron chi connectivity index (χ2n) is 4.06. The molecule has 0 aliphatic rings. The maximum Gasteiger partial charge on any atom is 0.295 e. The molecule has 94 valence electrons. The standard InChI is InChI=1S/C8H14N4OS.CHNO/c1-8(2,3)5-6(13)12(9)7(14-4)11-10-5;2-1-3/h9H2,1-4H3;2H. The molecule has 0 aromatic carbocycles. The second-order valence-corrected chi connectivity index (χ2v) is 4.84. The van der Waals surface area contributed by atoms with Crippen LogP contribution in [0.1, 0.15) is 26.5 Å². The first-order valence-corrected chi connectivity index (χ1v) is 5.85. The summed E-state index contributed by atoms with van der Waals surface area (Å²) in [5.74, 6) is 5.57. The van der Waals surface area contributed by atoms with Crippen LogP contribution in [-0.2, 0) is 10.2 Å². The Morgan fingerprint density at radius 1 is 1.41 bits per heavy atom. The molecule has 17 heavy (non-hydrogen) atoms. The molecule has 1 rings (SSSR count). The number of hydrogen-bond acceptors (Lipinski definition) is 7. The Labute approximate surface area is 103 Å². The van der Waals surface area contributed by atoms with Crippen molar-refractivity contribution >= 4 is 17.8 Å². The summed E-state index contributed by atoms with van der Waals surface area (Å²) in [4.78, 5) is 20.1. The third kappa shape index (κ3) is 4.01. The van der Waals surface area contributed by atoms with Gasteiger partial charge in [-0.15, -0.1) is 10.2 Å². The van der Waals surface area contributed by atoms with Crippen LogP contribution in [0.3, 0.4) is 0 Å². The highest BCUT2D eigenvalue weighted by Crippen LogP contribution is 2.16. The number of nitrogens with two attached hydrogens (primary N) is 1. The van der Waals surface area contributed by atoms with E-state index in [0.717, 1.165) is 10.8 Å². The molecular formula is C9H15N5O2S. The molecule has 1 heterocycles. The third-order valence-electron chi connectivity index (χ3n) is 1.76. The Hall–Kier alpha value is -1.66. The SMILES string of the molecule is CSc1nnc(C(C)(C)C)c(=O)n1N.N=C=O. The zero-order valence-electron chi connectivity index (χ0n) is 10.1. The Balaban J connectivity index is 0.000000770. The topological polar surface area (TPSA) is 115 Å². The summed E-state index contributed by atoms with van der Waals surface area (Å²) in [6.07, 6.45) is 2.55. The van der Waals surface area contributed by atoms with Gasteiger partial charge in [0.1, 0.15) is 5.69 Å². The van der Waals surface area contributed by atoms with Gasteiger partial charge in [0.05, 0.1) is 0 Å². The summed E-state index contributed by atoms with van der Waals surface area (Å²) in [6.45, 7) is 5.70. The number of hydrogen-bond donors (Lipinski definition) is 2. The predicted molar refractivity (Wildman–Crippen MR) is 65.3 cm³/mol. The van der Waals surface area contributed by atoms with Gasteiger partial charge in [0, 0.05) is 5.41 Å². The number of nitrogen functional groups attached to an aromatic ring is 1. The van der Waals surface area contributed by atoms with Crippen molar-refractivity contribution in [1.82, 2.24) is 14.9 Å². The average molecular weight is 257 g/mol. The highest BCUT2D eigenvalue weighted by atomic mass is 32.2. The molecule has 0 unspecified atom stereocenters. The first-order valence-electron chi connectivity index (χ1n) is 4.62. The van der Waals surface area contributed by atoms with Crippen molar-refractivity contribution in [1.29, 1.82) is 5.41 Å². The molecule has 3 N–H and O–H groups in total. The third-order valence-corrected chi connectivity index (χ3v) is 2.40.